The number of benzene rings is 2. The Balaban J connectivity index is 1.57. The average Bonchev–Trinajstić information content (AvgIpc) is 2.95. The summed E-state index contributed by atoms with van der Waals surface area (Å²) < 4.78 is 33.7. The normalized spacial score (nSPS) is 12.4. The Morgan fingerprint density at radius 3 is 2.57 bits per heavy atom. The van der Waals surface area contributed by atoms with Crippen LogP contribution in [0.2, 0.25) is 0 Å². The number of amides is 1. The van der Waals surface area contributed by atoms with Gasteiger partial charge >= 0.3 is 5.97 Å². The van der Waals surface area contributed by atoms with E-state index in [0.717, 1.165) is 12.1 Å². The number of nitrogens with one attached hydrogen (secondary N) is 1. The maximum absolute atomic E-state index is 13.1. The molecule has 10 nitrogen and oxygen atoms in total. The Kier molecular flexibility index (Phi) is 6.63. The molecule has 0 unspecified atom stereocenters. The SMILES string of the molecule is O=C(COC(=O)COc1cccc(F)c1)Nc1cc2c(cc1[N+](=O)[O-])OCCCO2. The molecule has 0 fully saturated rings. The average molecular weight is 420 g/mol. The molecule has 0 bridgehead atoms. The summed E-state index contributed by atoms with van der Waals surface area (Å²) in [5.41, 5.74) is -0.519. The number of rotatable bonds is 7. The molecule has 1 amide bonds. The zero-order valence-corrected chi connectivity index (χ0v) is 15.6. The van der Waals surface area contributed by atoms with Gasteiger partial charge in [-0.15, -0.1) is 0 Å². The van der Waals surface area contributed by atoms with Crippen LogP contribution in [0.4, 0.5) is 15.8 Å². The molecule has 0 spiro atoms. The highest BCUT2D eigenvalue weighted by atomic mass is 19.1. The highest BCUT2D eigenvalue weighted by molar-refractivity contribution is 5.95. The Morgan fingerprint density at radius 2 is 1.87 bits per heavy atom. The van der Waals surface area contributed by atoms with Crippen LogP contribution in [-0.2, 0) is 14.3 Å². The first-order valence-electron chi connectivity index (χ1n) is 8.84. The molecule has 11 heteroatoms. The summed E-state index contributed by atoms with van der Waals surface area (Å²) in [6.45, 7) is -0.525. The van der Waals surface area contributed by atoms with Crippen LogP contribution in [0.3, 0.4) is 0 Å². The molecule has 158 valence electrons. The number of carbonyl (C=O) groups is 2. The van der Waals surface area contributed by atoms with Gasteiger partial charge in [0.25, 0.3) is 11.6 Å². The van der Waals surface area contributed by atoms with Gasteiger partial charge in [-0.1, -0.05) is 6.07 Å². The van der Waals surface area contributed by atoms with Gasteiger partial charge in [0.15, 0.2) is 24.7 Å². The third kappa shape index (κ3) is 5.56. The second-order valence-corrected chi connectivity index (χ2v) is 6.08. The molecule has 0 radical (unpaired) electrons. The molecule has 1 N–H and O–H groups in total. The lowest BCUT2D eigenvalue weighted by molar-refractivity contribution is -0.384. The molecule has 30 heavy (non-hydrogen) atoms. The fourth-order valence-corrected chi connectivity index (χ4v) is 2.52. The third-order valence-corrected chi connectivity index (χ3v) is 3.85. The summed E-state index contributed by atoms with van der Waals surface area (Å²) in [5, 5.41) is 13.6. The Labute approximate surface area is 169 Å². The van der Waals surface area contributed by atoms with Crippen molar-refractivity contribution in [1.29, 1.82) is 0 Å². The van der Waals surface area contributed by atoms with Crippen LogP contribution >= 0.6 is 0 Å². The summed E-state index contributed by atoms with van der Waals surface area (Å²) >= 11 is 0. The van der Waals surface area contributed by atoms with Gasteiger partial charge in [0.05, 0.1) is 24.2 Å². The molecule has 0 saturated carbocycles. The lowest BCUT2D eigenvalue weighted by Gasteiger charge is -2.11. The maximum Gasteiger partial charge on any atom is 0.344 e. The largest absolute Gasteiger partial charge is 0.489 e. The van der Waals surface area contributed by atoms with Crippen LogP contribution in [0.1, 0.15) is 6.42 Å². The fraction of sp³-hybridized carbons (Fsp3) is 0.263. The molecule has 0 atom stereocenters. The van der Waals surface area contributed by atoms with E-state index in [1.54, 1.807) is 0 Å². The van der Waals surface area contributed by atoms with Gasteiger partial charge in [0, 0.05) is 18.6 Å². The van der Waals surface area contributed by atoms with Crippen molar-refractivity contribution in [3.8, 4) is 17.2 Å². The summed E-state index contributed by atoms with van der Waals surface area (Å²) in [7, 11) is 0. The van der Waals surface area contributed by atoms with Gasteiger partial charge < -0.3 is 24.3 Å². The maximum atomic E-state index is 13.1. The minimum atomic E-state index is -0.873. The van der Waals surface area contributed by atoms with Gasteiger partial charge in [-0.05, 0) is 12.1 Å². The number of nitrogens with zero attached hydrogens (tertiary/aromatic N) is 1. The van der Waals surface area contributed by atoms with Crippen LogP contribution in [0.15, 0.2) is 36.4 Å². The first-order valence-corrected chi connectivity index (χ1v) is 8.84. The van der Waals surface area contributed by atoms with Gasteiger partial charge in [-0.3, -0.25) is 14.9 Å². The minimum absolute atomic E-state index is 0.124. The van der Waals surface area contributed by atoms with Crippen LogP contribution in [-0.4, -0.2) is 43.2 Å². The van der Waals surface area contributed by atoms with Crippen molar-refractivity contribution in [2.75, 3.05) is 31.7 Å². The highest BCUT2D eigenvalue weighted by Gasteiger charge is 2.23. The number of fused-ring (bicyclic) bond motifs is 1. The number of carbonyl (C=O) groups excluding carboxylic acids is 2. The minimum Gasteiger partial charge on any atom is -0.489 e. The molecule has 2 aromatic rings. The first-order chi connectivity index (χ1) is 14.4. The molecular formula is C19H17FN2O8. The summed E-state index contributed by atoms with van der Waals surface area (Å²) in [4.78, 5) is 34.4. The van der Waals surface area contributed by atoms with E-state index in [9.17, 15) is 24.1 Å². The zero-order valence-electron chi connectivity index (χ0n) is 15.6. The van der Waals surface area contributed by atoms with E-state index in [4.69, 9.17) is 18.9 Å². The van der Waals surface area contributed by atoms with E-state index in [2.05, 4.69) is 5.32 Å². The van der Waals surface area contributed by atoms with Gasteiger partial charge in [0.1, 0.15) is 17.3 Å². The van der Waals surface area contributed by atoms with Crippen molar-refractivity contribution in [3.05, 3.63) is 52.3 Å². The van der Waals surface area contributed by atoms with Crippen molar-refractivity contribution in [2.24, 2.45) is 0 Å². The molecular weight excluding hydrogens is 403 g/mol. The summed E-state index contributed by atoms with van der Waals surface area (Å²) in [6.07, 6.45) is 0.609. The lowest BCUT2D eigenvalue weighted by atomic mass is 10.2. The summed E-state index contributed by atoms with van der Waals surface area (Å²) in [6, 6.07) is 7.61. The second-order valence-electron chi connectivity index (χ2n) is 6.08. The van der Waals surface area contributed by atoms with Gasteiger partial charge in [-0.25, -0.2) is 9.18 Å². The van der Waals surface area contributed by atoms with Gasteiger partial charge in [0.2, 0.25) is 0 Å². The van der Waals surface area contributed by atoms with E-state index >= 15 is 0 Å². The Morgan fingerprint density at radius 1 is 1.13 bits per heavy atom. The predicted octanol–water partition coefficient (Wildman–Crippen LogP) is 2.46. The van der Waals surface area contributed by atoms with Crippen molar-refractivity contribution in [2.45, 2.75) is 6.42 Å². The van der Waals surface area contributed by atoms with E-state index in [-0.39, 0.29) is 22.9 Å². The number of nitro benzene ring substituents is 1. The van der Waals surface area contributed by atoms with Crippen LogP contribution in [0.5, 0.6) is 17.2 Å². The van der Waals surface area contributed by atoms with Crippen LogP contribution in [0.25, 0.3) is 0 Å². The monoisotopic (exact) mass is 420 g/mol. The number of anilines is 1. The highest BCUT2D eigenvalue weighted by Crippen LogP contribution is 2.39. The van der Waals surface area contributed by atoms with Crippen molar-refractivity contribution < 1.29 is 37.9 Å². The Hall–Kier alpha value is -3.89. The molecule has 0 aromatic heterocycles. The molecule has 1 heterocycles. The molecule has 0 saturated heterocycles. The van der Waals surface area contributed by atoms with E-state index in [0.29, 0.717) is 19.6 Å². The van der Waals surface area contributed by atoms with Crippen molar-refractivity contribution in [3.63, 3.8) is 0 Å². The third-order valence-electron chi connectivity index (χ3n) is 3.85. The Bertz CT molecular complexity index is 966. The number of esters is 1. The summed E-state index contributed by atoms with van der Waals surface area (Å²) in [5.74, 6) is -1.61. The molecule has 2 aromatic carbocycles. The number of hydrogen-bond acceptors (Lipinski definition) is 8. The second kappa shape index (κ2) is 9.54. The van der Waals surface area contributed by atoms with E-state index in [1.165, 1.54) is 24.3 Å². The fourth-order valence-electron chi connectivity index (χ4n) is 2.52. The molecule has 1 aliphatic heterocycles. The number of ether oxygens (including phenoxy) is 4. The topological polar surface area (TPSA) is 126 Å². The van der Waals surface area contributed by atoms with Crippen LogP contribution in [0, 0.1) is 15.9 Å². The van der Waals surface area contributed by atoms with E-state index in [1.807, 2.05) is 0 Å². The standard InChI is InChI=1S/C19H17FN2O8/c20-12-3-1-4-13(7-12)29-11-19(24)30-10-18(23)21-14-8-16-17(9-15(14)22(25)26)28-6-2-5-27-16/h1,3-4,7-9H,2,5-6,10-11H2,(H,21,23). The van der Waals surface area contributed by atoms with Crippen molar-refractivity contribution >= 4 is 23.3 Å². The number of halogens is 1. The molecule has 1 aliphatic rings. The van der Waals surface area contributed by atoms with Crippen LogP contribution < -0.4 is 19.5 Å². The number of nitro groups is 1. The first kappa shape index (κ1) is 20.8. The van der Waals surface area contributed by atoms with Gasteiger partial charge in [-0.2, -0.15) is 0 Å². The molecule has 0 aliphatic carbocycles. The van der Waals surface area contributed by atoms with E-state index < -0.39 is 41.5 Å². The quantitative estimate of drug-likeness (QED) is 0.411. The smallest absolute Gasteiger partial charge is 0.344 e. The number of hydrogen-bond donors (Lipinski definition) is 1. The van der Waals surface area contributed by atoms with Crippen molar-refractivity contribution in [1.82, 2.24) is 0 Å². The molecule has 3 rings (SSSR count). The zero-order chi connectivity index (χ0) is 21.5. The predicted molar refractivity (Wildman–Crippen MR) is 100 cm³/mol. The lowest BCUT2D eigenvalue weighted by Crippen LogP contribution is -2.24.